The van der Waals surface area contributed by atoms with Crippen molar-refractivity contribution in [3.63, 3.8) is 0 Å². The van der Waals surface area contributed by atoms with Gasteiger partial charge in [-0.2, -0.15) is 4.31 Å². The molecule has 1 aromatic heterocycles. The Labute approximate surface area is 215 Å². The number of anilines is 1. The molecule has 0 saturated carbocycles. The van der Waals surface area contributed by atoms with E-state index in [2.05, 4.69) is 4.98 Å². The van der Waals surface area contributed by atoms with Gasteiger partial charge in [-0.1, -0.05) is 22.9 Å². The average molecular weight is 537 g/mol. The van der Waals surface area contributed by atoms with E-state index in [4.69, 9.17) is 16.3 Å². The van der Waals surface area contributed by atoms with Crippen molar-refractivity contribution in [1.82, 2.24) is 14.2 Å². The summed E-state index contributed by atoms with van der Waals surface area (Å²) in [5, 5.41) is 1.18. The van der Waals surface area contributed by atoms with Crippen LogP contribution in [0.3, 0.4) is 0 Å². The third kappa shape index (κ3) is 5.84. The summed E-state index contributed by atoms with van der Waals surface area (Å²) in [5.74, 6) is -0.241. The van der Waals surface area contributed by atoms with Crippen LogP contribution in [0.2, 0.25) is 5.02 Å². The first-order valence-corrected chi connectivity index (χ1v) is 14.0. The Morgan fingerprint density at radius 2 is 1.77 bits per heavy atom. The van der Waals surface area contributed by atoms with Crippen LogP contribution in [0.25, 0.3) is 10.2 Å². The summed E-state index contributed by atoms with van der Waals surface area (Å²) in [7, 11) is 0.190. The zero-order valence-corrected chi connectivity index (χ0v) is 22.5. The third-order valence-electron chi connectivity index (χ3n) is 5.71. The highest BCUT2D eigenvalue weighted by Crippen LogP contribution is 2.32. The molecule has 188 valence electrons. The predicted molar refractivity (Wildman–Crippen MR) is 140 cm³/mol. The minimum atomic E-state index is -3.69. The molecule has 2 heterocycles. The molecule has 2 atom stereocenters. The molecule has 35 heavy (non-hydrogen) atoms. The molecular formula is C24H29ClN4O4S2. The van der Waals surface area contributed by atoms with Crippen molar-refractivity contribution in [3.05, 3.63) is 53.1 Å². The van der Waals surface area contributed by atoms with Gasteiger partial charge in [-0.05, 0) is 70.4 Å². The number of aromatic nitrogens is 1. The number of amides is 1. The van der Waals surface area contributed by atoms with Gasteiger partial charge in [-0.15, -0.1) is 0 Å². The van der Waals surface area contributed by atoms with Gasteiger partial charge in [0, 0.05) is 36.8 Å². The quantitative estimate of drug-likeness (QED) is 0.454. The van der Waals surface area contributed by atoms with Crippen LogP contribution in [-0.4, -0.2) is 81.0 Å². The highest BCUT2D eigenvalue weighted by Gasteiger charge is 2.32. The summed E-state index contributed by atoms with van der Waals surface area (Å²) >= 11 is 7.52. The molecule has 11 heteroatoms. The third-order valence-corrected chi connectivity index (χ3v) is 8.83. The number of nitrogens with zero attached hydrogens (tertiary/aromatic N) is 4. The molecule has 0 aliphatic carbocycles. The van der Waals surface area contributed by atoms with Gasteiger partial charge in [0.2, 0.25) is 10.0 Å². The molecule has 1 saturated heterocycles. The van der Waals surface area contributed by atoms with Crippen molar-refractivity contribution >= 4 is 54.2 Å². The van der Waals surface area contributed by atoms with Crippen molar-refractivity contribution in [2.45, 2.75) is 31.0 Å². The molecule has 0 unspecified atom stereocenters. The Kier molecular flexibility index (Phi) is 7.80. The zero-order valence-electron chi connectivity index (χ0n) is 20.1. The highest BCUT2D eigenvalue weighted by atomic mass is 35.5. The van der Waals surface area contributed by atoms with E-state index in [9.17, 15) is 13.2 Å². The van der Waals surface area contributed by atoms with Crippen molar-refractivity contribution < 1.29 is 17.9 Å². The summed E-state index contributed by atoms with van der Waals surface area (Å²) in [4.78, 5) is 21.9. The topological polar surface area (TPSA) is 83.1 Å². The van der Waals surface area contributed by atoms with Crippen LogP contribution in [0.1, 0.15) is 24.2 Å². The maximum atomic E-state index is 13.5. The Balaban J connectivity index is 1.60. The van der Waals surface area contributed by atoms with Gasteiger partial charge in [0.25, 0.3) is 5.91 Å². The fourth-order valence-electron chi connectivity index (χ4n) is 3.99. The maximum Gasteiger partial charge on any atom is 0.260 e. The number of hydrogen-bond acceptors (Lipinski definition) is 7. The van der Waals surface area contributed by atoms with Gasteiger partial charge in [-0.25, -0.2) is 13.4 Å². The SMILES string of the molecule is C[C@@H]1CN(S(=O)(=O)c2ccc(C(=O)N(CCN(C)C)c3nc4ccc(Cl)cc4s3)cc2)C[C@H](C)O1. The van der Waals surface area contributed by atoms with Gasteiger partial charge >= 0.3 is 0 Å². The number of sulfonamides is 1. The molecule has 3 aromatic rings. The molecule has 0 radical (unpaired) electrons. The number of halogens is 1. The van der Waals surface area contributed by atoms with E-state index in [1.54, 1.807) is 23.1 Å². The van der Waals surface area contributed by atoms with Crippen molar-refractivity contribution in [2.75, 3.05) is 45.2 Å². The number of benzene rings is 2. The number of likely N-dealkylation sites (N-methyl/N-ethyl adjacent to an activating group) is 1. The van der Waals surface area contributed by atoms with E-state index in [1.165, 1.54) is 27.8 Å². The molecule has 1 amide bonds. The van der Waals surface area contributed by atoms with Gasteiger partial charge in [0.15, 0.2) is 5.13 Å². The highest BCUT2D eigenvalue weighted by molar-refractivity contribution is 7.89. The lowest BCUT2D eigenvalue weighted by atomic mass is 10.2. The Morgan fingerprint density at radius 1 is 1.11 bits per heavy atom. The van der Waals surface area contributed by atoms with E-state index >= 15 is 0 Å². The maximum absolute atomic E-state index is 13.5. The molecule has 1 aliphatic rings. The molecule has 1 aliphatic heterocycles. The largest absolute Gasteiger partial charge is 0.373 e. The monoisotopic (exact) mass is 536 g/mol. The Morgan fingerprint density at radius 3 is 2.40 bits per heavy atom. The summed E-state index contributed by atoms with van der Waals surface area (Å²) in [6.45, 7) is 5.39. The number of rotatable bonds is 7. The number of morpholine rings is 1. The first kappa shape index (κ1) is 26.0. The van der Waals surface area contributed by atoms with E-state index in [1.807, 2.05) is 45.0 Å². The Hall–Kier alpha value is -2.08. The second-order valence-electron chi connectivity index (χ2n) is 8.97. The fourth-order valence-corrected chi connectivity index (χ4v) is 6.84. The second kappa shape index (κ2) is 10.5. The van der Waals surface area contributed by atoms with E-state index < -0.39 is 10.0 Å². The average Bonchev–Trinajstić information content (AvgIpc) is 3.21. The number of carbonyl (C=O) groups is 1. The van der Waals surface area contributed by atoms with Crippen LogP contribution >= 0.6 is 22.9 Å². The molecule has 0 N–H and O–H groups in total. The normalized spacial score (nSPS) is 19.4. The Bertz CT molecular complexity index is 1300. The molecule has 0 spiro atoms. The van der Waals surface area contributed by atoms with Gasteiger partial charge in [-0.3, -0.25) is 9.69 Å². The first-order chi connectivity index (χ1) is 16.5. The summed E-state index contributed by atoms with van der Waals surface area (Å²) in [6.07, 6.45) is -0.355. The minimum Gasteiger partial charge on any atom is -0.373 e. The van der Waals surface area contributed by atoms with Gasteiger partial charge < -0.3 is 9.64 Å². The lowest BCUT2D eigenvalue weighted by molar-refractivity contribution is -0.0440. The van der Waals surface area contributed by atoms with Crippen molar-refractivity contribution in [3.8, 4) is 0 Å². The number of thiazole rings is 1. The van der Waals surface area contributed by atoms with Crippen LogP contribution in [0.15, 0.2) is 47.4 Å². The summed E-state index contributed by atoms with van der Waals surface area (Å²) < 4.78 is 34.3. The van der Waals surface area contributed by atoms with Gasteiger partial charge in [0.1, 0.15) is 0 Å². The van der Waals surface area contributed by atoms with E-state index in [0.29, 0.717) is 41.9 Å². The minimum absolute atomic E-state index is 0.157. The molecule has 8 nitrogen and oxygen atoms in total. The van der Waals surface area contributed by atoms with Crippen molar-refractivity contribution in [1.29, 1.82) is 0 Å². The van der Waals surface area contributed by atoms with Crippen LogP contribution in [0.5, 0.6) is 0 Å². The second-order valence-corrected chi connectivity index (χ2v) is 12.4. The zero-order chi connectivity index (χ0) is 25.3. The standard InChI is InChI=1S/C24H29ClN4O4S2/c1-16-14-28(15-17(2)33-16)35(31,32)20-8-5-18(6-9-20)23(30)29(12-11-27(3)4)24-26-21-10-7-19(25)13-22(21)34-24/h5-10,13,16-17H,11-12,14-15H2,1-4H3/t16-,17+. The molecule has 0 bridgehead atoms. The van der Waals surface area contributed by atoms with Crippen molar-refractivity contribution in [2.24, 2.45) is 0 Å². The first-order valence-electron chi connectivity index (χ1n) is 11.3. The lowest BCUT2D eigenvalue weighted by Gasteiger charge is -2.34. The van der Waals surface area contributed by atoms with Crippen LogP contribution in [-0.2, 0) is 14.8 Å². The summed E-state index contributed by atoms with van der Waals surface area (Å²) in [5.41, 5.74) is 1.16. The van der Waals surface area contributed by atoms with Crippen LogP contribution < -0.4 is 4.90 Å². The molecule has 1 fully saturated rings. The molecule has 4 rings (SSSR count). The predicted octanol–water partition coefficient (Wildman–Crippen LogP) is 3.96. The molecule has 2 aromatic carbocycles. The van der Waals surface area contributed by atoms with Crippen LogP contribution in [0.4, 0.5) is 5.13 Å². The smallest absolute Gasteiger partial charge is 0.260 e. The van der Waals surface area contributed by atoms with E-state index in [-0.39, 0.29) is 23.0 Å². The fraction of sp³-hybridized carbons (Fsp3) is 0.417. The number of carbonyl (C=O) groups excluding carboxylic acids is 1. The van der Waals surface area contributed by atoms with E-state index in [0.717, 1.165) is 10.2 Å². The van der Waals surface area contributed by atoms with Gasteiger partial charge in [0.05, 0.1) is 27.3 Å². The number of ether oxygens (including phenoxy) is 1. The van der Waals surface area contributed by atoms with Crippen LogP contribution in [0, 0.1) is 0 Å². The lowest BCUT2D eigenvalue weighted by Crippen LogP contribution is -2.48. The number of fused-ring (bicyclic) bond motifs is 1. The number of hydrogen-bond donors (Lipinski definition) is 0. The molecular weight excluding hydrogens is 508 g/mol. The summed E-state index contributed by atoms with van der Waals surface area (Å²) in [6, 6.07) is 11.6.